The van der Waals surface area contributed by atoms with Gasteiger partial charge < -0.3 is 0 Å². The lowest BCUT2D eigenvalue weighted by atomic mass is 9.73. The van der Waals surface area contributed by atoms with E-state index in [1.807, 2.05) is 0 Å². The van der Waals surface area contributed by atoms with Gasteiger partial charge in [0.05, 0.1) is 0 Å². The number of allylic oxidation sites excluding steroid dienone is 4. The van der Waals surface area contributed by atoms with Gasteiger partial charge in [-0.1, -0.05) is 74.0 Å². The Morgan fingerprint density at radius 2 is 1.68 bits per heavy atom. The summed E-state index contributed by atoms with van der Waals surface area (Å²) >= 11 is 0. The van der Waals surface area contributed by atoms with Crippen molar-refractivity contribution in [2.75, 3.05) is 0 Å². The van der Waals surface area contributed by atoms with Crippen molar-refractivity contribution < 1.29 is 0 Å². The first-order valence-corrected chi connectivity index (χ1v) is 8.15. The Balaban J connectivity index is 1.88. The molecule has 0 N–H and O–H groups in total. The summed E-state index contributed by atoms with van der Waals surface area (Å²) in [6, 6.07) is 17.7. The fraction of sp³-hybridized carbons (Fsp3) is 0.273. The maximum atomic E-state index is 2.42. The lowest BCUT2D eigenvalue weighted by Crippen LogP contribution is -2.24. The van der Waals surface area contributed by atoms with E-state index in [2.05, 4.69) is 81.5 Å². The minimum atomic E-state index is 0.210. The van der Waals surface area contributed by atoms with Gasteiger partial charge in [0, 0.05) is 0 Å². The predicted molar refractivity (Wildman–Crippen MR) is 94.7 cm³/mol. The summed E-state index contributed by atoms with van der Waals surface area (Å²) in [7, 11) is 0. The van der Waals surface area contributed by atoms with Gasteiger partial charge in [0.1, 0.15) is 0 Å². The smallest absolute Gasteiger partial charge is 0.00254 e. The lowest BCUT2D eigenvalue weighted by molar-refractivity contribution is 0.408. The second-order valence-electron chi connectivity index (χ2n) is 7.24. The van der Waals surface area contributed by atoms with Crippen LogP contribution in [0.3, 0.4) is 0 Å². The largest absolute Gasteiger partial charge is 0.0727 e. The van der Waals surface area contributed by atoms with E-state index in [9.17, 15) is 0 Å². The van der Waals surface area contributed by atoms with Crippen LogP contribution in [0.25, 0.3) is 16.7 Å². The summed E-state index contributed by atoms with van der Waals surface area (Å²) in [5.74, 6) is 0.624. The molecule has 2 aliphatic carbocycles. The van der Waals surface area contributed by atoms with Crippen LogP contribution in [0.5, 0.6) is 0 Å². The van der Waals surface area contributed by atoms with E-state index < -0.39 is 0 Å². The zero-order valence-corrected chi connectivity index (χ0v) is 13.6. The molecular formula is C22H22. The van der Waals surface area contributed by atoms with Crippen molar-refractivity contribution in [1.29, 1.82) is 0 Å². The van der Waals surface area contributed by atoms with E-state index in [0.717, 1.165) is 0 Å². The van der Waals surface area contributed by atoms with Crippen molar-refractivity contribution in [3.8, 4) is 11.1 Å². The third-order valence-electron chi connectivity index (χ3n) is 5.45. The average Bonchev–Trinajstić information content (AvgIpc) is 2.76. The van der Waals surface area contributed by atoms with Gasteiger partial charge in [-0.25, -0.2) is 0 Å². The maximum Gasteiger partial charge on any atom is -0.00254 e. The highest BCUT2D eigenvalue weighted by Gasteiger charge is 2.43. The van der Waals surface area contributed by atoms with Gasteiger partial charge in [-0.3, -0.25) is 0 Å². The number of hydrogen-bond donors (Lipinski definition) is 0. The Morgan fingerprint density at radius 1 is 0.909 bits per heavy atom. The molecule has 22 heavy (non-hydrogen) atoms. The molecule has 1 atom stereocenters. The lowest BCUT2D eigenvalue weighted by Gasteiger charge is -2.30. The van der Waals surface area contributed by atoms with Crippen molar-refractivity contribution in [1.82, 2.24) is 0 Å². The predicted octanol–water partition coefficient (Wildman–Crippen LogP) is 5.99. The first-order valence-electron chi connectivity index (χ1n) is 8.15. The number of hydrogen-bond acceptors (Lipinski definition) is 0. The Kier molecular flexibility index (Phi) is 2.91. The van der Waals surface area contributed by atoms with Crippen LogP contribution in [0.15, 0.2) is 66.3 Å². The molecule has 0 aromatic heterocycles. The molecule has 0 radical (unpaired) electrons. The molecule has 0 fully saturated rings. The third kappa shape index (κ3) is 1.90. The van der Waals surface area contributed by atoms with Crippen LogP contribution in [-0.4, -0.2) is 0 Å². The maximum absolute atomic E-state index is 2.42. The van der Waals surface area contributed by atoms with Gasteiger partial charge in [-0.15, -0.1) is 0 Å². The summed E-state index contributed by atoms with van der Waals surface area (Å²) in [4.78, 5) is 0. The van der Waals surface area contributed by atoms with E-state index in [-0.39, 0.29) is 5.41 Å². The monoisotopic (exact) mass is 286 g/mol. The summed E-state index contributed by atoms with van der Waals surface area (Å²) < 4.78 is 0. The van der Waals surface area contributed by atoms with Crippen LogP contribution in [0.4, 0.5) is 0 Å². The topological polar surface area (TPSA) is 0 Å². The minimum Gasteiger partial charge on any atom is -0.0727 e. The van der Waals surface area contributed by atoms with Gasteiger partial charge in [0.25, 0.3) is 0 Å². The SMILES string of the molecule is CC1=CC=C2c3ccc(-c4ccccc4)cc3C(C)(C)C2C1. The molecule has 2 aromatic rings. The molecule has 0 spiro atoms. The fourth-order valence-corrected chi connectivity index (χ4v) is 4.10. The fourth-order valence-electron chi connectivity index (χ4n) is 4.10. The molecule has 2 aromatic carbocycles. The second kappa shape index (κ2) is 4.71. The van der Waals surface area contributed by atoms with Gasteiger partial charge in [0.15, 0.2) is 0 Å². The molecule has 0 amide bonds. The van der Waals surface area contributed by atoms with Crippen LogP contribution in [0.1, 0.15) is 38.3 Å². The van der Waals surface area contributed by atoms with E-state index in [1.165, 1.54) is 39.8 Å². The third-order valence-corrected chi connectivity index (χ3v) is 5.45. The quantitative estimate of drug-likeness (QED) is 0.603. The molecule has 0 heterocycles. The molecule has 2 aliphatic rings. The van der Waals surface area contributed by atoms with Crippen LogP contribution in [0, 0.1) is 5.92 Å². The molecule has 1 unspecified atom stereocenters. The number of rotatable bonds is 1. The molecule has 4 rings (SSSR count). The first-order chi connectivity index (χ1) is 10.6. The number of fused-ring (bicyclic) bond motifs is 3. The molecule has 0 heteroatoms. The van der Waals surface area contributed by atoms with Gasteiger partial charge in [-0.05, 0) is 58.6 Å². The van der Waals surface area contributed by atoms with Crippen molar-refractivity contribution in [3.63, 3.8) is 0 Å². The van der Waals surface area contributed by atoms with Crippen LogP contribution in [-0.2, 0) is 5.41 Å². The first kappa shape index (κ1) is 13.6. The van der Waals surface area contributed by atoms with Crippen molar-refractivity contribution in [3.05, 3.63) is 77.4 Å². The Morgan fingerprint density at radius 3 is 2.45 bits per heavy atom. The van der Waals surface area contributed by atoms with E-state index in [1.54, 1.807) is 0 Å². The Hall–Kier alpha value is -2.08. The molecule has 0 bridgehead atoms. The van der Waals surface area contributed by atoms with Crippen LogP contribution >= 0.6 is 0 Å². The molecular weight excluding hydrogens is 264 g/mol. The van der Waals surface area contributed by atoms with E-state index >= 15 is 0 Å². The summed E-state index contributed by atoms with van der Waals surface area (Å²) in [6.45, 7) is 7.07. The second-order valence-corrected chi connectivity index (χ2v) is 7.24. The van der Waals surface area contributed by atoms with Crippen LogP contribution in [0.2, 0.25) is 0 Å². The highest BCUT2D eigenvalue weighted by atomic mass is 14.5. The molecule has 0 saturated heterocycles. The summed E-state index contributed by atoms with van der Waals surface area (Å²) in [5.41, 5.74) is 8.84. The Labute approximate surface area is 133 Å². The summed E-state index contributed by atoms with van der Waals surface area (Å²) in [5, 5.41) is 0. The normalized spacial score (nSPS) is 21.7. The molecule has 0 aliphatic heterocycles. The highest BCUT2D eigenvalue weighted by molar-refractivity contribution is 5.82. The van der Waals surface area contributed by atoms with Crippen molar-refractivity contribution in [2.24, 2.45) is 5.92 Å². The van der Waals surface area contributed by atoms with Gasteiger partial charge in [-0.2, -0.15) is 0 Å². The van der Waals surface area contributed by atoms with E-state index in [4.69, 9.17) is 0 Å². The van der Waals surface area contributed by atoms with Gasteiger partial charge >= 0.3 is 0 Å². The molecule has 0 saturated carbocycles. The average molecular weight is 286 g/mol. The van der Waals surface area contributed by atoms with E-state index in [0.29, 0.717) is 5.92 Å². The zero-order valence-electron chi connectivity index (χ0n) is 13.6. The zero-order chi connectivity index (χ0) is 15.3. The van der Waals surface area contributed by atoms with Crippen molar-refractivity contribution >= 4 is 5.57 Å². The van der Waals surface area contributed by atoms with Gasteiger partial charge in [0.2, 0.25) is 0 Å². The minimum absolute atomic E-state index is 0.210. The summed E-state index contributed by atoms with van der Waals surface area (Å²) in [6.07, 6.45) is 5.83. The number of benzene rings is 2. The molecule has 0 nitrogen and oxygen atoms in total. The van der Waals surface area contributed by atoms with Crippen LogP contribution < -0.4 is 0 Å². The standard InChI is InChI=1S/C22H22/c1-15-9-11-18-19-12-10-17(16-7-5-4-6-8-16)14-21(19)22(2,3)20(18)13-15/h4-12,14,20H,13H2,1-3H3. The highest BCUT2D eigenvalue weighted by Crippen LogP contribution is 2.54. The van der Waals surface area contributed by atoms with Crippen molar-refractivity contribution in [2.45, 2.75) is 32.6 Å². The Bertz CT molecular complexity index is 788. The molecule has 110 valence electrons.